The summed E-state index contributed by atoms with van der Waals surface area (Å²) in [7, 11) is 4.27. The van der Waals surface area contributed by atoms with Crippen LogP contribution in [0.5, 0.6) is 5.75 Å². The number of aryl methyl sites for hydroxylation is 1. The predicted octanol–water partition coefficient (Wildman–Crippen LogP) is 5.22. The van der Waals surface area contributed by atoms with E-state index in [0.29, 0.717) is 12.6 Å². The van der Waals surface area contributed by atoms with Crippen LogP contribution in [0.4, 0.5) is 0 Å². The molecule has 3 aromatic rings. The second kappa shape index (κ2) is 7.50. The molecular formula is C22H25NO. The molecule has 3 aromatic carbocycles. The molecule has 0 aromatic heterocycles. The van der Waals surface area contributed by atoms with E-state index in [1.54, 1.807) is 0 Å². The normalized spacial score (nSPS) is 12.5. The molecular weight excluding hydrogens is 294 g/mol. The molecule has 0 bridgehead atoms. The lowest BCUT2D eigenvalue weighted by molar-refractivity contribution is 0.224. The fraction of sp³-hybridized carbons (Fsp3) is 0.273. The zero-order valence-corrected chi connectivity index (χ0v) is 14.7. The van der Waals surface area contributed by atoms with E-state index in [1.165, 1.54) is 21.9 Å². The fourth-order valence-electron chi connectivity index (χ4n) is 3.25. The van der Waals surface area contributed by atoms with Crippen LogP contribution in [0.3, 0.4) is 0 Å². The standard InChI is InChI=1S/C22H25NO/c1-17-9-4-6-12-19(17)21(23(2)3)15-16-24-22-14-8-11-18-10-5-7-13-20(18)22/h4-14,21H,15-16H2,1-3H3. The summed E-state index contributed by atoms with van der Waals surface area (Å²) in [5.74, 6) is 0.968. The number of rotatable bonds is 6. The summed E-state index contributed by atoms with van der Waals surface area (Å²) >= 11 is 0. The van der Waals surface area contributed by atoms with Crippen LogP contribution < -0.4 is 4.74 Å². The van der Waals surface area contributed by atoms with Gasteiger partial charge in [-0.25, -0.2) is 0 Å². The van der Waals surface area contributed by atoms with E-state index in [-0.39, 0.29) is 0 Å². The van der Waals surface area contributed by atoms with E-state index >= 15 is 0 Å². The highest BCUT2D eigenvalue weighted by atomic mass is 16.5. The molecule has 0 heterocycles. The van der Waals surface area contributed by atoms with Gasteiger partial charge in [0, 0.05) is 17.8 Å². The molecule has 0 radical (unpaired) electrons. The summed E-state index contributed by atoms with van der Waals surface area (Å²) in [6.45, 7) is 2.88. The van der Waals surface area contributed by atoms with Crippen molar-refractivity contribution in [1.82, 2.24) is 4.90 Å². The van der Waals surface area contributed by atoms with Crippen molar-refractivity contribution in [3.05, 3.63) is 77.9 Å². The molecule has 0 saturated heterocycles. The van der Waals surface area contributed by atoms with Crippen LogP contribution >= 0.6 is 0 Å². The van der Waals surface area contributed by atoms with Gasteiger partial charge in [0.2, 0.25) is 0 Å². The Labute approximate surface area is 144 Å². The van der Waals surface area contributed by atoms with E-state index in [4.69, 9.17) is 4.74 Å². The first-order valence-electron chi connectivity index (χ1n) is 8.49. The van der Waals surface area contributed by atoms with Crippen LogP contribution in [0, 0.1) is 6.92 Å². The third-order valence-corrected chi connectivity index (χ3v) is 4.57. The Hall–Kier alpha value is -2.32. The Kier molecular flexibility index (Phi) is 5.17. The Bertz CT molecular complexity index is 804. The summed E-state index contributed by atoms with van der Waals surface area (Å²) in [5, 5.41) is 2.40. The minimum absolute atomic E-state index is 0.362. The molecule has 0 N–H and O–H groups in total. The maximum absolute atomic E-state index is 6.13. The van der Waals surface area contributed by atoms with Gasteiger partial charge in [0.15, 0.2) is 0 Å². The van der Waals surface area contributed by atoms with Crippen molar-refractivity contribution in [3.8, 4) is 5.75 Å². The number of benzene rings is 3. The highest BCUT2D eigenvalue weighted by Gasteiger charge is 2.16. The Morgan fingerprint density at radius 3 is 2.38 bits per heavy atom. The molecule has 24 heavy (non-hydrogen) atoms. The minimum Gasteiger partial charge on any atom is -0.493 e. The molecule has 0 saturated carbocycles. The highest BCUT2D eigenvalue weighted by Crippen LogP contribution is 2.28. The van der Waals surface area contributed by atoms with Gasteiger partial charge in [-0.05, 0) is 43.6 Å². The molecule has 124 valence electrons. The second-order valence-electron chi connectivity index (χ2n) is 6.45. The zero-order chi connectivity index (χ0) is 16.9. The minimum atomic E-state index is 0.362. The largest absolute Gasteiger partial charge is 0.493 e. The first-order valence-corrected chi connectivity index (χ1v) is 8.49. The van der Waals surface area contributed by atoms with Gasteiger partial charge in [-0.15, -0.1) is 0 Å². The lowest BCUT2D eigenvalue weighted by Crippen LogP contribution is -2.22. The molecule has 0 fully saturated rings. The average molecular weight is 319 g/mol. The van der Waals surface area contributed by atoms with Crippen molar-refractivity contribution < 1.29 is 4.74 Å². The summed E-state index contributed by atoms with van der Waals surface area (Å²) in [4.78, 5) is 2.27. The van der Waals surface area contributed by atoms with E-state index in [2.05, 4.69) is 92.6 Å². The van der Waals surface area contributed by atoms with Crippen LogP contribution in [-0.2, 0) is 0 Å². The van der Waals surface area contributed by atoms with E-state index in [9.17, 15) is 0 Å². The van der Waals surface area contributed by atoms with Crippen LogP contribution in [0.15, 0.2) is 66.7 Å². The molecule has 3 rings (SSSR count). The third kappa shape index (κ3) is 3.60. The Balaban J connectivity index is 1.73. The molecule has 0 aliphatic carbocycles. The van der Waals surface area contributed by atoms with Gasteiger partial charge < -0.3 is 9.64 Å². The maximum atomic E-state index is 6.13. The van der Waals surface area contributed by atoms with Crippen molar-refractivity contribution in [3.63, 3.8) is 0 Å². The lowest BCUT2D eigenvalue weighted by atomic mass is 9.98. The number of ether oxygens (including phenoxy) is 1. The Morgan fingerprint density at radius 1 is 0.875 bits per heavy atom. The zero-order valence-electron chi connectivity index (χ0n) is 14.7. The summed E-state index contributed by atoms with van der Waals surface area (Å²) in [5.41, 5.74) is 2.71. The molecule has 0 aliphatic heterocycles. The maximum Gasteiger partial charge on any atom is 0.127 e. The van der Waals surface area contributed by atoms with E-state index in [1.807, 2.05) is 0 Å². The first kappa shape index (κ1) is 16.5. The SMILES string of the molecule is Cc1ccccc1C(CCOc1cccc2ccccc12)N(C)C. The highest BCUT2D eigenvalue weighted by molar-refractivity contribution is 5.88. The van der Waals surface area contributed by atoms with E-state index in [0.717, 1.165) is 12.2 Å². The molecule has 1 unspecified atom stereocenters. The number of nitrogens with zero attached hydrogens (tertiary/aromatic N) is 1. The van der Waals surface area contributed by atoms with Crippen LogP contribution in [0.1, 0.15) is 23.6 Å². The van der Waals surface area contributed by atoms with Gasteiger partial charge >= 0.3 is 0 Å². The quantitative estimate of drug-likeness (QED) is 0.617. The number of fused-ring (bicyclic) bond motifs is 1. The van der Waals surface area contributed by atoms with Gasteiger partial charge in [-0.3, -0.25) is 0 Å². The van der Waals surface area contributed by atoms with Gasteiger partial charge in [0.1, 0.15) is 5.75 Å². The molecule has 2 nitrogen and oxygen atoms in total. The molecule has 0 aliphatic rings. The monoisotopic (exact) mass is 319 g/mol. The van der Waals surface area contributed by atoms with Crippen molar-refractivity contribution in [2.45, 2.75) is 19.4 Å². The molecule has 0 amide bonds. The van der Waals surface area contributed by atoms with Crippen LogP contribution in [0.25, 0.3) is 10.8 Å². The van der Waals surface area contributed by atoms with Crippen LogP contribution in [0.2, 0.25) is 0 Å². The number of hydrogen-bond acceptors (Lipinski definition) is 2. The van der Waals surface area contributed by atoms with Crippen molar-refractivity contribution >= 4 is 10.8 Å². The number of hydrogen-bond donors (Lipinski definition) is 0. The molecule has 0 spiro atoms. The first-order chi connectivity index (χ1) is 11.7. The second-order valence-corrected chi connectivity index (χ2v) is 6.45. The summed E-state index contributed by atoms with van der Waals surface area (Å²) in [6.07, 6.45) is 0.959. The van der Waals surface area contributed by atoms with Crippen LogP contribution in [-0.4, -0.2) is 25.6 Å². The van der Waals surface area contributed by atoms with Crippen molar-refractivity contribution in [2.24, 2.45) is 0 Å². The topological polar surface area (TPSA) is 12.5 Å². The molecule has 2 heteroatoms. The van der Waals surface area contributed by atoms with Gasteiger partial charge in [0.25, 0.3) is 0 Å². The summed E-state index contributed by atoms with van der Waals surface area (Å²) in [6, 6.07) is 23.6. The third-order valence-electron chi connectivity index (χ3n) is 4.57. The Morgan fingerprint density at radius 2 is 1.58 bits per heavy atom. The fourth-order valence-corrected chi connectivity index (χ4v) is 3.25. The smallest absolute Gasteiger partial charge is 0.127 e. The average Bonchev–Trinajstić information content (AvgIpc) is 2.59. The van der Waals surface area contributed by atoms with Gasteiger partial charge in [-0.1, -0.05) is 60.7 Å². The van der Waals surface area contributed by atoms with Crippen molar-refractivity contribution in [1.29, 1.82) is 0 Å². The van der Waals surface area contributed by atoms with E-state index < -0.39 is 0 Å². The van der Waals surface area contributed by atoms with Gasteiger partial charge in [-0.2, -0.15) is 0 Å². The lowest BCUT2D eigenvalue weighted by Gasteiger charge is -2.26. The predicted molar refractivity (Wildman–Crippen MR) is 102 cm³/mol. The van der Waals surface area contributed by atoms with Crippen molar-refractivity contribution in [2.75, 3.05) is 20.7 Å². The van der Waals surface area contributed by atoms with Gasteiger partial charge in [0.05, 0.1) is 6.61 Å². The molecule has 1 atom stereocenters. The summed E-state index contributed by atoms with van der Waals surface area (Å²) < 4.78 is 6.13.